The molecule has 0 aromatic carbocycles. The van der Waals surface area contributed by atoms with Crippen LogP contribution < -0.4 is 14.8 Å². The summed E-state index contributed by atoms with van der Waals surface area (Å²) < 4.78 is 59.2. The molecule has 108 valence electrons. The van der Waals surface area contributed by atoms with Crippen LogP contribution in [0.5, 0.6) is 11.8 Å². The van der Waals surface area contributed by atoms with Crippen LogP contribution in [0.3, 0.4) is 0 Å². The number of hydrogen-bond acceptors (Lipinski definition) is 5. The average Bonchev–Trinajstić information content (AvgIpc) is 2.38. The van der Waals surface area contributed by atoms with Gasteiger partial charge in [0.15, 0.2) is 0 Å². The summed E-state index contributed by atoms with van der Waals surface area (Å²) in [5, 5.41) is 2.20. The van der Waals surface area contributed by atoms with Crippen molar-refractivity contribution in [3.05, 3.63) is 11.9 Å². The second-order valence-corrected chi connectivity index (χ2v) is 3.54. The lowest BCUT2D eigenvalue weighted by Crippen LogP contribution is -2.38. The van der Waals surface area contributed by atoms with E-state index in [9.17, 15) is 17.6 Å². The van der Waals surface area contributed by atoms with Gasteiger partial charge in [-0.2, -0.15) is 8.78 Å². The van der Waals surface area contributed by atoms with Crippen molar-refractivity contribution in [2.75, 3.05) is 20.8 Å². The quantitative estimate of drug-likeness (QED) is 0.768. The Morgan fingerprint density at radius 2 is 1.74 bits per heavy atom. The second-order valence-electron chi connectivity index (χ2n) is 3.54. The standard InChI is InChI=1S/C10H13F4N3O2/c1-18-7-6(8(19-2)17-5-16-7)3-15-4-10(13,14)9(11)12/h5,9,15H,3-4H2,1-2H3. The lowest BCUT2D eigenvalue weighted by molar-refractivity contribution is -0.125. The highest BCUT2D eigenvalue weighted by Gasteiger charge is 2.40. The van der Waals surface area contributed by atoms with Gasteiger partial charge >= 0.3 is 12.3 Å². The molecule has 0 fully saturated rings. The fraction of sp³-hybridized carbons (Fsp3) is 0.600. The molecule has 19 heavy (non-hydrogen) atoms. The summed E-state index contributed by atoms with van der Waals surface area (Å²) in [5.74, 6) is -3.85. The minimum Gasteiger partial charge on any atom is -0.481 e. The first-order valence-electron chi connectivity index (χ1n) is 5.21. The van der Waals surface area contributed by atoms with E-state index in [4.69, 9.17) is 9.47 Å². The van der Waals surface area contributed by atoms with E-state index in [1.807, 2.05) is 0 Å². The molecule has 1 aromatic heterocycles. The minimum absolute atomic E-state index is 0.125. The molecule has 0 bridgehead atoms. The van der Waals surface area contributed by atoms with Crippen LogP contribution in [0.25, 0.3) is 0 Å². The van der Waals surface area contributed by atoms with Crippen LogP contribution in [0.4, 0.5) is 17.6 Å². The Balaban J connectivity index is 2.72. The maximum Gasteiger partial charge on any atom is 0.319 e. The third-order valence-corrected chi connectivity index (χ3v) is 2.23. The van der Waals surface area contributed by atoms with Crippen LogP contribution in [0, 0.1) is 0 Å². The summed E-state index contributed by atoms with van der Waals surface area (Å²) >= 11 is 0. The smallest absolute Gasteiger partial charge is 0.319 e. The first kappa shape index (κ1) is 15.4. The second kappa shape index (κ2) is 6.50. The molecule has 1 heterocycles. The monoisotopic (exact) mass is 283 g/mol. The highest BCUT2D eigenvalue weighted by Crippen LogP contribution is 2.25. The van der Waals surface area contributed by atoms with E-state index < -0.39 is 18.9 Å². The van der Waals surface area contributed by atoms with Crippen molar-refractivity contribution in [2.45, 2.75) is 18.9 Å². The van der Waals surface area contributed by atoms with Crippen LogP contribution in [-0.4, -0.2) is 43.1 Å². The van der Waals surface area contributed by atoms with Crippen LogP contribution in [0.1, 0.15) is 5.56 Å². The highest BCUT2D eigenvalue weighted by molar-refractivity contribution is 5.34. The lowest BCUT2D eigenvalue weighted by Gasteiger charge is -2.17. The van der Waals surface area contributed by atoms with Gasteiger partial charge in [-0.3, -0.25) is 0 Å². The van der Waals surface area contributed by atoms with Crippen molar-refractivity contribution in [2.24, 2.45) is 0 Å². The zero-order valence-electron chi connectivity index (χ0n) is 10.3. The van der Waals surface area contributed by atoms with Crippen molar-refractivity contribution < 1.29 is 27.0 Å². The van der Waals surface area contributed by atoms with Crippen molar-refractivity contribution in [1.29, 1.82) is 0 Å². The van der Waals surface area contributed by atoms with E-state index in [0.717, 1.165) is 0 Å². The van der Waals surface area contributed by atoms with Gasteiger partial charge in [-0.15, -0.1) is 0 Å². The summed E-state index contributed by atoms with van der Waals surface area (Å²) in [6.45, 7) is -1.36. The predicted octanol–water partition coefficient (Wildman–Crippen LogP) is 1.48. The summed E-state index contributed by atoms with van der Waals surface area (Å²) in [4.78, 5) is 7.53. The Hall–Kier alpha value is -1.64. The van der Waals surface area contributed by atoms with Gasteiger partial charge in [0.2, 0.25) is 11.8 Å². The predicted molar refractivity (Wildman–Crippen MR) is 57.8 cm³/mol. The van der Waals surface area contributed by atoms with Gasteiger partial charge in [0.05, 0.1) is 26.3 Å². The van der Waals surface area contributed by atoms with Crippen molar-refractivity contribution >= 4 is 0 Å². The van der Waals surface area contributed by atoms with Gasteiger partial charge in [0.1, 0.15) is 6.33 Å². The van der Waals surface area contributed by atoms with E-state index in [-0.39, 0.29) is 23.9 Å². The molecule has 5 nitrogen and oxygen atoms in total. The van der Waals surface area contributed by atoms with E-state index >= 15 is 0 Å². The van der Waals surface area contributed by atoms with Gasteiger partial charge in [0.25, 0.3) is 0 Å². The molecule has 1 rings (SSSR count). The Morgan fingerprint density at radius 1 is 1.21 bits per heavy atom. The third kappa shape index (κ3) is 3.91. The number of nitrogens with zero attached hydrogens (tertiary/aromatic N) is 2. The van der Waals surface area contributed by atoms with Gasteiger partial charge in [-0.25, -0.2) is 18.7 Å². The first-order valence-corrected chi connectivity index (χ1v) is 5.21. The maximum absolute atomic E-state index is 12.7. The van der Waals surface area contributed by atoms with Gasteiger partial charge < -0.3 is 14.8 Å². The molecule has 0 aliphatic carbocycles. The number of aromatic nitrogens is 2. The molecule has 0 unspecified atom stereocenters. The molecule has 0 amide bonds. The summed E-state index contributed by atoms with van der Waals surface area (Å²) in [7, 11) is 2.66. The fourth-order valence-corrected chi connectivity index (χ4v) is 1.32. The number of hydrogen-bond donors (Lipinski definition) is 1. The van der Waals surface area contributed by atoms with Crippen LogP contribution in [0.2, 0.25) is 0 Å². The number of rotatable bonds is 7. The minimum atomic E-state index is -4.10. The van der Waals surface area contributed by atoms with E-state index in [1.54, 1.807) is 0 Å². The largest absolute Gasteiger partial charge is 0.481 e. The molecule has 0 saturated carbocycles. The number of ether oxygens (including phenoxy) is 2. The molecule has 0 radical (unpaired) electrons. The first-order chi connectivity index (χ1) is 8.92. The summed E-state index contributed by atoms with van der Waals surface area (Å²) in [6, 6.07) is 0. The molecular formula is C10H13F4N3O2. The molecular weight excluding hydrogens is 270 g/mol. The zero-order chi connectivity index (χ0) is 14.5. The SMILES string of the molecule is COc1ncnc(OC)c1CNCC(F)(F)C(F)F. The number of alkyl halides is 4. The lowest BCUT2D eigenvalue weighted by atomic mass is 10.3. The number of methoxy groups -OCH3 is 2. The van der Waals surface area contributed by atoms with Crippen molar-refractivity contribution in [3.63, 3.8) is 0 Å². The van der Waals surface area contributed by atoms with E-state index in [0.29, 0.717) is 0 Å². The van der Waals surface area contributed by atoms with E-state index in [1.165, 1.54) is 20.5 Å². The van der Waals surface area contributed by atoms with Gasteiger partial charge in [0, 0.05) is 6.54 Å². The van der Waals surface area contributed by atoms with Gasteiger partial charge in [-0.1, -0.05) is 0 Å². The van der Waals surface area contributed by atoms with Crippen molar-refractivity contribution in [3.8, 4) is 11.8 Å². The number of halogens is 4. The zero-order valence-corrected chi connectivity index (χ0v) is 10.3. The normalized spacial score (nSPS) is 11.7. The average molecular weight is 283 g/mol. The van der Waals surface area contributed by atoms with Crippen molar-refractivity contribution in [1.82, 2.24) is 15.3 Å². The maximum atomic E-state index is 12.7. The third-order valence-electron chi connectivity index (χ3n) is 2.23. The van der Waals surface area contributed by atoms with E-state index in [2.05, 4.69) is 15.3 Å². The van der Waals surface area contributed by atoms with Crippen LogP contribution in [0.15, 0.2) is 6.33 Å². The Kier molecular flexibility index (Phi) is 5.28. The molecule has 9 heteroatoms. The topological polar surface area (TPSA) is 56.3 Å². The molecule has 1 N–H and O–H groups in total. The summed E-state index contributed by atoms with van der Waals surface area (Å²) in [5.41, 5.74) is 0.276. The van der Waals surface area contributed by atoms with Crippen LogP contribution in [-0.2, 0) is 6.54 Å². The molecule has 0 spiro atoms. The summed E-state index contributed by atoms with van der Waals surface area (Å²) in [6.07, 6.45) is -2.55. The molecule has 0 saturated heterocycles. The Bertz CT molecular complexity index is 396. The highest BCUT2D eigenvalue weighted by atomic mass is 19.3. The number of nitrogens with one attached hydrogen (secondary N) is 1. The Labute approximate surface area is 106 Å². The Morgan fingerprint density at radius 3 is 2.16 bits per heavy atom. The molecule has 1 aromatic rings. The van der Waals surface area contributed by atoms with Gasteiger partial charge in [-0.05, 0) is 0 Å². The molecule has 0 aliphatic heterocycles. The fourth-order valence-electron chi connectivity index (χ4n) is 1.32. The molecule has 0 atom stereocenters. The molecule has 0 aliphatic rings. The van der Waals surface area contributed by atoms with Crippen LogP contribution >= 0.6 is 0 Å².